The van der Waals surface area contributed by atoms with Crippen molar-refractivity contribution in [3.8, 4) is 5.75 Å². The quantitative estimate of drug-likeness (QED) is 0.920. The van der Waals surface area contributed by atoms with Crippen LogP contribution in [0.15, 0.2) is 12.1 Å². The maximum absolute atomic E-state index is 13.9. The van der Waals surface area contributed by atoms with Gasteiger partial charge in [0.25, 0.3) is 5.92 Å². The predicted molar refractivity (Wildman–Crippen MR) is 70.7 cm³/mol. The average molecular weight is 288 g/mol. The zero-order valence-electron chi connectivity index (χ0n) is 11.7. The van der Waals surface area contributed by atoms with Crippen LogP contribution in [0.1, 0.15) is 18.1 Å². The second-order valence-corrected chi connectivity index (χ2v) is 5.06. The van der Waals surface area contributed by atoms with Gasteiger partial charge in [0.1, 0.15) is 0 Å². The highest BCUT2D eigenvalue weighted by Gasteiger charge is 2.28. The molecule has 1 heterocycles. The van der Waals surface area contributed by atoms with Crippen molar-refractivity contribution in [3.05, 3.63) is 29.1 Å². The Morgan fingerprint density at radius 2 is 1.95 bits per heavy atom. The second kappa shape index (κ2) is 6.01. The first-order valence-electron chi connectivity index (χ1n) is 6.59. The third-order valence-electron chi connectivity index (χ3n) is 3.44. The van der Waals surface area contributed by atoms with Gasteiger partial charge < -0.3 is 10.1 Å². The summed E-state index contributed by atoms with van der Waals surface area (Å²) in [6, 6.07) is 2.18. The molecule has 0 radical (unpaired) electrons. The number of methoxy groups -OCH3 is 1. The minimum absolute atomic E-state index is 0.0523. The molecule has 3 nitrogen and oxygen atoms in total. The van der Waals surface area contributed by atoms with Crippen LogP contribution in [-0.2, 0) is 12.5 Å². The number of nitrogens with zero attached hydrogens (tertiary/aromatic N) is 1. The van der Waals surface area contributed by atoms with Gasteiger partial charge >= 0.3 is 0 Å². The standard InChI is InChI=1S/C14H19F3N2O/c1-14(16,17)11-7-10(13(20-2)12(15)8-11)9-19-5-3-18-4-6-19/h7-8,18H,3-6,9H2,1-2H3. The van der Waals surface area contributed by atoms with Crippen LogP contribution in [0.5, 0.6) is 5.75 Å². The Morgan fingerprint density at radius 3 is 2.50 bits per heavy atom. The van der Waals surface area contributed by atoms with E-state index in [-0.39, 0.29) is 11.3 Å². The normalized spacial score (nSPS) is 17.2. The van der Waals surface area contributed by atoms with E-state index in [0.717, 1.165) is 39.2 Å². The summed E-state index contributed by atoms with van der Waals surface area (Å²) in [6.07, 6.45) is 0. The van der Waals surface area contributed by atoms with Crippen LogP contribution in [0.25, 0.3) is 0 Å². The molecule has 1 aliphatic rings. The number of piperazine rings is 1. The first-order valence-corrected chi connectivity index (χ1v) is 6.59. The van der Waals surface area contributed by atoms with Gasteiger partial charge in [-0.1, -0.05) is 0 Å². The van der Waals surface area contributed by atoms with Gasteiger partial charge in [0, 0.05) is 50.8 Å². The second-order valence-electron chi connectivity index (χ2n) is 5.06. The summed E-state index contributed by atoms with van der Waals surface area (Å²) >= 11 is 0. The summed E-state index contributed by atoms with van der Waals surface area (Å²) in [7, 11) is 1.35. The van der Waals surface area contributed by atoms with Crippen molar-refractivity contribution in [2.24, 2.45) is 0 Å². The van der Waals surface area contributed by atoms with Crippen molar-refractivity contribution in [2.75, 3.05) is 33.3 Å². The van der Waals surface area contributed by atoms with E-state index in [1.807, 2.05) is 0 Å². The first-order chi connectivity index (χ1) is 9.41. The van der Waals surface area contributed by atoms with Crippen molar-refractivity contribution in [1.29, 1.82) is 0 Å². The molecule has 1 fully saturated rings. The molecular formula is C14H19F3N2O. The minimum Gasteiger partial charge on any atom is -0.493 e. The van der Waals surface area contributed by atoms with Crippen molar-refractivity contribution in [3.63, 3.8) is 0 Å². The first kappa shape index (κ1) is 15.1. The number of nitrogens with one attached hydrogen (secondary N) is 1. The lowest BCUT2D eigenvalue weighted by atomic mass is 10.0. The van der Waals surface area contributed by atoms with E-state index in [2.05, 4.69) is 10.2 Å². The van der Waals surface area contributed by atoms with E-state index in [9.17, 15) is 13.2 Å². The fourth-order valence-corrected chi connectivity index (χ4v) is 2.36. The molecule has 0 spiro atoms. The number of hydrogen-bond donors (Lipinski definition) is 1. The highest BCUT2D eigenvalue weighted by atomic mass is 19.3. The molecule has 0 aromatic heterocycles. The molecule has 0 bridgehead atoms. The van der Waals surface area contributed by atoms with Gasteiger partial charge in [0.05, 0.1) is 7.11 Å². The highest BCUT2D eigenvalue weighted by molar-refractivity contribution is 5.40. The predicted octanol–water partition coefficient (Wildman–Crippen LogP) is 2.35. The van der Waals surface area contributed by atoms with Gasteiger partial charge in [-0.25, -0.2) is 13.2 Å². The molecule has 0 aliphatic carbocycles. The molecule has 1 aromatic carbocycles. The fraction of sp³-hybridized carbons (Fsp3) is 0.571. The minimum atomic E-state index is -3.06. The third-order valence-corrected chi connectivity index (χ3v) is 3.44. The van der Waals surface area contributed by atoms with Gasteiger partial charge in [-0.3, -0.25) is 4.90 Å². The van der Waals surface area contributed by atoms with Crippen molar-refractivity contribution < 1.29 is 17.9 Å². The van der Waals surface area contributed by atoms with E-state index in [4.69, 9.17) is 4.74 Å². The van der Waals surface area contributed by atoms with Crippen LogP contribution in [0, 0.1) is 5.82 Å². The number of halogens is 3. The van der Waals surface area contributed by atoms with Crippen molar-refractivity contribution in [1.82, 2.24) is 10.2 Å². The fourth-order valence-electron chi connectivity index (χ4n) is 2.36. The van der Waals surface area contributed by atoms with Crippen LogP contribution in [0.4, 0.5) is 13.2 Å². The number of hydrogen-bond acceptors (Lipinski definition) is 3. The molecule has 1 aliphatic heterocycles. The lowest BCUT2D eigenvalue weighted by molar-refractivity contribution is 0.0169. The highest BCUT2D eigenvalue weighted by Crippen LogP contribution is 2.33. The Morgan fingerprint density at radius 1 is 1.30 bits per heavy atom. The number of ether oxygens (including phenoxy) is 1. The molecule has 1 saturated heterocycles. The molecule has 6 heteroatoms. The van der Waals surface area contributed by atoms with Gasteiger partial charge in [0.2, 0.25) is 0 Å². The van der Waals surface area contributed by atoms with Crippen molar-refractivity contribution >= 4 is 0 Å². The van der Waals surface area contributed by atoms with E-state index in [1.54, 1.807) is 0 Å². The Kier molecular flexibility index (Phi) is 4.55. The number of alkyl halides is 2. The smallest absolute Gasteiger partial charge is 0.270 e. The van der Waals surface area contributed by atoms with Gasteiger partial charge in [0.15, 0.2) is 11.6 Å². The Hall–Kier alpha value is -1.27. The monoisotopic (exact) mass is 288 g/mol. The summed E-state index contributed by atoms with van der Waals surface area (Å²) in [5.41, 5.74) is 0.145. The molecule has 1 N–H and O–H groups in total. The number of rotatable bonds is 4. The zero-order valence-corrected chi connectivity index (χ0v) is 11.7. The summed E-state index contributed by atoms with van der Waals surface area (Å²) in [5, 5.41) is 3.21. The zero-order chi connectivity index (χ0) is 14.8. The van der Waals surface area contributed by atoms with Gasteiger partial charge in [-0.2, -0.15) is 0 Å². The largest absolute Gasteiger partial charge is 0.493 e. The molecule has 0 atom stereocenters. The molecule has 112 valence electrons. The van der Waals surface area contributed by atoms with Gasteiger partial charge in [-0.05, 0) is 12.1 Å². The lowest BCUT2D eigenvalue weighted by Crippen LogP contribution is -2.43. The van der Waals surface area contributed by atoms with Gasteiger partial charge in [-0.15, -0.1) is 0 Å². The van der Waals surface area contributed by atoms with Crippen LogP contribution < -0.4 is 10.1 Å². The Balaban J connectivity index is 2.30. The molecule has 2 rings (SSSR count). The SMILES string of the molecule is COc1c(F)cc(C(C)(F)F)cc1CN1CCNCC1. The van der Waals surface area contributed by atoms with E-state index < -0.39 is 11.7 Å². The maximum atomic E-state index is 13.9. The molecule has 0 amide bonds. The van der Waals surface area contributed by atoms with Crippen LogP contribution in [0.3, 0.4) is 0 Å². The van der Waals surface area contributed by atoms with Crippen molar-refractivity contribution in [2.45, 2.75) is 19.4 Å². The number of benzene rings is 1. The Labute approximate surface area is 116 Å². The Bertz CT molecular complexity index is 468. The average Bonchev–Trinajstić information content (AvgIpc) is 2.38. The van der Waals surface area contributed by atoms with E-state index in [0.29, 0.717) is 12.1 Å². The summed E-state index contributed by atoms with van der Waals surface area (Å²) < 4.78 is 45.7. The van der Waals surface area contributed by atoms with E-state index >= 15 is 0 Å². The van der Waals surface area contributed by atoms with Crippen LogP contribution >= 0.6 is 0 Å². The molecule has 0 saturated carbocycles. The lowest BCUT2D eigenvalue weighted by Gasteiger charge is -2.28. The molecule has 20 heavy (non-hydrogen) atoms. The third kappa shape index (κ3) is 3.43. The van der Waals surface area contributed by atoms with Crippen LogP contribution in [0.2, 0.25) is 0 Å². The summed E-state index contributed by atoms with van der Waals surface area (Å²) in [6.45, 7) is 4.46. The van der Waals surface area contributed by atoms with Crippen LogP contribution in [-0.4, -0.2) is 38.2 Å². The summed E-state index contributed by atoms with van der Waals surface area (Å²) in [4.78, 5) is 2.09. The van der Waals surface area contributed by atoms with E-state index in [1.165, 1.54) is 13.2 Å². The molecular weight excluding hydrogens is 269 g/mol. The summed E-state index contributed by atoms with van der Waals surface area (Å²) in [5.74, 6) is -3.75. The topological polar surface area (TPSA) is 24.5 Å². The molecule has 0 unspecified atom stereocenters. The maximum Gasteiger partial charge on any atom is 0.270 e. The molecule has 1 aromatic rings.